The van der Waals surface area contributed by atoms with Crippen molar-refractivity contribution in [3.8, 4) is 0 Å². The highest BCUT2D eigenvalue weighted by Crippen LogP contribution is 2.23. The molecule has 0 unspecified atom stereocenters. The fourth-order valence-corrected chi connectivity index (χ4v) is 1.91. The van der Waals surface area contributed by atoms with E-state index in [0.717, 1.165) is 0 Å². The number of pyridine rings is 1. The van der Waals surface area contributed by atoms with Gasteiger partial charge in [-0.3, -0.25) is 14.9 Å². The molecule has 1 amide bonds. The second-order valence-corrected chi connectivity index (χ2v) is 4.97. The molecule has 8 heteroatoms. The number of halogens is 2. The molecule has 2 rings (SSSR count). The van der Waals surface area contributed by atoms with Gasteiger partial charge in [0.2, 0.25) is 0 Å². The van der Waals surface area contributed by atoms with Crippen molar-refractivity contribution in [2.24, 2.45) is 0 Å². The maximum absolute atomic E-state index is 12.1. The minimum atomic E-state index is -0.499. The normalized spacial score (nSPS) is 10.2. The number of nitro groups is 1. The molecule has 0 aliphatic carbocycles. The lowest BCUT2D eigenvalue weighted by atomic mass is 10.1. The Labute approximate surface area is 129 Å². The highest BCUT2D eigenvalue weighted by molar-refractivity contribution is 6.41. The van der Waals surface area contributed by atoms with Gasteiger partial charge in [0, 0.05) is 24.0 Å². The number of hydrogen-bond donors (Lipinski definition) is 1. The Balaban J connectivity index is 2.23. The summed E-state index contributed by atoms with van der Waals surface area (Å²) < 4.78 is 0. The number of carbonyl (C=O) groups excluding carboxylic acids is 1. The van der Waals surface area contributed by atoms with Gasteiger partial charge in [-0.25, -0.2) is 4.98 Å². The molecule has 0 fully saturated rings. The van der Waals surface area contributed by atoms with E-state index in [0.29, 0.717) is 11.3 Å². The number of benzene rings is 1. The third-order valence-corrected chi connectivity index (χ3v) is 3.41. The van der Waals surface area contributed by atoms with Crippen LogP contribution in [-0.4, -0.2) is 15.8 Å². The average molecular weight is 326 g/mol. The molecule has 0 atom stereocenters. The van der Waals surface area contributed by atoms with Crippen LogP contribution in [0.25, 0.3) is 0 Å². The lowest BCUT2D eigenvalue weighted by Crippen LogP contribution is -2.13. The molecule has 0 radical (unpaired) electrons. The second-order valence-electron chi connectivity index (χ2n) is 4.21. The predicted molar refractivity (Wildman–Crippen MR) is 80.0 cm³/mol. The molecule has 0 aliphatic rings. The predicted octanol–water partition coefficient (Wildman–Crippen LogP) is 3.86. The first kappa shape index (κ1) is 15.2. The highest BCUT2D eigenvalue weighted by atomic mass is 35.5. The van der Waals surface area contributed by atoms with E-state index >= 15 is 0 Å². The summed E-state index contributed by atoms with van der Waals surface area (Å²) in [4.78, 5) is 26.0. The summed E-state index contributed by atoms with van der Waals surface area (Å²) in [5, 5.41) is 13.6. The first-order valence-corrected chi connectivity index (χ1v) is 6.51. The zero-order chi connectivity index (χ0) is 15.6. The molecule has 21 heavy (non-hydrogen) atoms. The van der Waals surface area contributed by atoms with E-state index in [2.05, 4.69) is 10.3 Å². The molecule has 6 nitrogen and oxygen atoms in total. The van der Waals surface area contributed by atoms with Crippen LogP contribution in [0.2, 0.25) is 10.2 Å². The molecule has 1 aromatic carbocycles. The number of carbonyl (C=O) groups is 1. The molecule has 1 heterocycles. The molecule has 0 aliphatic heterocycles. The number of nitrogens with zero attached hydrogens (tertiary/aromatic N) is 2. The van der Waals surface area contributed by atoms with Crippen molar-refractivity contribution in [3.05, 3.63) is 61.9 Å². The van der Waals surface area contributed by atoms with E-state index in [-0.39, 0.29) is 21.4 Å². The van der Waals surface area contributed by atoms with Gasteiger partial charge >= 0.3 is 0 Å². The van der Waals surface area contributed by atoms with Gasteiger partial charge < -0.3 is 5.32 Å². The van der Waals surface area contributed by atoms with Crippen molar-refractivity contribution >= 4 is 40.5 Å². The van der Waals surface area contributed by atoms with Crippen LogP contribution in [-0.2, 0) is 0 Å². The molecule has 2 aromatic rings. The van der Waals surface area contributed by atoms with Gasteiger partial charge in [0.15, 0.2) is 0 Å². The Morgan fingerprint density at radius 2 is 2.05 bits per heavy atom. The first-order valence-electron chi connectivity index (χ1n) is 5.76. The zero-order valence-corrected chi connectivity index (χ0v) is 12.3. The number of anilines is 1. The fourth-order valence-electron chi connectivity index (χ4n) is 1.64. The Hall–Kier alpha value is -2.18. The fraction of sp³-hybridized carbons (Fsp3) is 0.0769. The maximum Gasteiger partial charge on any atom is 0.269 e. The van der Waals surface area contributed by atoms with E-state index in [9.17, 15) is 14.9 Å². The van der Waals surface area contributed by atoms with E-state index in [4.69, 9.17) is 23.2 Å². The lowest BCUT2D eigenvalue weighted by Gasteiger charge is -2.08. The molecule has 1 aromatic heterocycles. The number of non-ortho nitro benzene ring substituents is 1. The molecule has 0 saturated heterocycles. The number of nitrogens with one attached hydrogen (secondary N) is 1. The highest BCUT2D eigenvalue weighted by Gasteiger charge is 2.13. The number of amides is 1. The van der Waals surface area contributed by atoms with E-state index in [1.165, 1.54) is 30.5 Å². The van der Waals surface area contributed by atoms with Crippen LogP contribution in [0, 0.1) is 17.0 Å². The van der Waals surface area contributed by atoms with Crippen molar-refractivity contribution in [1.29, 1.82) is 0 Å². The average Bonchev–Trinajstić information content (AvgIpc) is 2.43. The topological polar surface area (TPSA) is 85.1 Å². The number of aryl methyl sites for hydroxylation is 1. The van der Waals surface area contributed by atoms with Crippen LogP contribution in [0.3, 0.4) is 0 Å². The Morgan fingerprint density at radius 3 is 2.62 bits per heavy atom. The number of aromatic nitrogens is 1. The van der Waals surface area contributed by atoms with E-state index in [1.54, 1.807) is 6.92 Å². The summed E-state index contributed by atoms with van der Waals surface area (Å²) in [6, 6.07) is 5.56. The van der Waals surface area contributed by atoms with E-state index in [1.807, 2.05) is 0 Å². The van der Waals surface area contributed by atoms with Crippen molar-refractivity contribution in [2.45, 2.75) is 6.92 Å². The molecule has 0 bridgehead atoms. The third kappa shape index (κ3) is 3.48. The lowest BCUT2D eigenvalue weighted by molar-refractivity contribution is -0.384. The smallest absolute Gasteiger partial charge is 0.269 e. The van der Waals surface area contributed by atoms with Gasteiger partial charge in [0.05, 0.1) is 15.5 Å². The third-order valence-electron chi connectivity index (χ3n) is 2.73. The summed E-state index contributed by atoms with van der Waals surface area (Å²) in [5.74, 6) is -0.432. The largest absolute Gasteiger partial charge is 0.322 e. The molecule has 0 spiro atoms. The van der Waals surface area contributed by atoms with Crippen molar-refractivity contribution < 1.29 is 9.72 Å². The van der Waals surface area contributed by atoms with Crippen LogP contribution in [0.1, 0.15) is 15.9 Å². The maximum atomic E-state index is 12.1. The summed E-state index contributed by atoms with van der Waals surface area (Å²) >= 11 is 11.5. The van der Waals surface area contributed by atoms with Gasteiger partial charge in [-0.15, -0.1) is 0 Å². The number of nitro benzene ring substituents is 1. The minimum absolute atomic E-state index is 0.0401. The van der Waals surface area contributed by atoms with Crippen LogP contribution in [0.4, 0.5) is 11.4 Å². The summed E-state index contributed by atoms with van der Waals surface area (Å²) in [6.07, 6.45) is 1.30. The SMILES string of the molecule is Cc1cc([N+](=O)[O-])ccc1NC(=O)c1cnc(Cl)c(Cl)c1. The Kier molecular flexibility index (Phi) is 4.40. The molecule has 0 saturated carbocycles. The van der Waals surface area contributed by atoms with E-state index < -0.39 is 10.8 Å². The van der Waals surface area contributed by atoms with Crippen LogP contribution in [0.15, 0.2) is 30.5 Å². The quantitative estimate of drug-likeness (QED) is 0.527. The summed E-state index contributed by atoms with van der Waals surface area (Å²) in [5.41, 5.74) is 1.24. The van der Waals surface area contributed by atoms with Crippen molar-refractivity contribution in [3.63, 3.8) is 0 Å². The van der Waals surface area contributed by atoms with Crippen molar-refractivity contribution in [1.82, 2.24) is 4.98 Å². The van der Waals surface area contributed by atoms with Crippen LogP contribution < -0.4 is 5.32 Å². The number of rotatable bonds is 3. The van der Waals surface area contributed by atoms with Gasteiger partial charge in [0.1, 0.15) is 5.15 Å². The van der Waals surface area contributed by atoms with Gasteiger partial charge in [-0.2, -0.15) is 0 Å². The van der Waals surface area contributed by atoms with Gasteiger partial charge in [-0.05, 0) is 24.6 Å². The second kappa shape index (κ2) is 6.07. The molecule has 1 N–H and O–H groups in total. The number of hydrogen-bond acceptors (Lipinski definition) is 4. The first-order chi connectivity index (χ1) is 9.88. The molecule has 108 valence electrons. The molecular formula is C13H9Cl2N3O3. The van der Waals surface area contributed by atoms with Gasteiger partial charge in [0.25, 0.3) is 11.6 Å². The van der Waals surface area contributed by atoms with Crippen molar-refractivity contribution in [2.75, 3.05) is 5.32 Å². The monoisotopic (exact) mass is 325 g/mol. The Morgan fingerprint density at radius 1 is 1.33 bits per heavy atom. The van der Waals surface area contributed by atoms with Gasteiger partial charge in [-0.1, -0.05) is 23.2 Å². The summed E-state index contributed by atoms with van der Waals surface area (Å²) in [7, 11) is 0. The zero-order valence-electron chi connectivity index (χ0n) is 10.8. The standard InChI is InChI=1S/C13H9Cl2N3O3/c1-7-4-9(18(20)21)2-3-11(7)17-13(19)8-5-10(14)12(15)16-6-8/h2-6H,1H3,(H,17,19). The van der Waals surface area contributed by atoms with Crippen LogP contribution >= 0.6 is 23.2 Å². The Bertz CT molecular complexity index is 735. The minimum Gasteiger partial charge on any atom is -0.322 e. The summed E-state index contributed by atoms with van der Waals surface area (Å²) in [6.45, 7) is 1.66. The molecular weight excluding hydrogens is 317 g/mol. The van der Waals surface area contributed by atoms with Crippen LogP contribution in [0.5, 0.6) is 0 Å².